The molecule has 0 bridgehead atoms. The van der Waals surface area contributed by atoms with E-state index < -0.39 is 0 Å². The van der Waals surface area contributed by atoms with E-state index in [2.05, 4.69) is 31.2 Å². The molecule has 15 heavy (non-hydrogen) atoms. The van der Waals surface area contributed by atoms with E-state index in [9.17, 15) is 0 Å². The smallest absolute Gasteiger partial charge is 1.00 e. The molecule has 1 aromatic carbocycles. The predicted octanol–water partition coefficient (Wildman–Crippen LogP) is -3.15. The van der Waals surface area contributed by atoms with E-state index in [-0.39, 0.29) is 42.2 Å². The minimum atomic E-state index is 0. The summed E-state index contributed by atoms with van der Waals surface area (Å²) in [6.07, 6.45) is 2.76. The Labute approximate surface area is 115 Å². The summed E-state index contributed by atoms with van der Waals surface area (Å²) < 4.78 is 5.62. The Hall–Kier alpha value is 0.292. The summed E-state index contributed by atoms with van der Waals surface area (Å²) in [5.41, 5.74) is 2.72. The molecule has 0 amide bonds. The number of aryl methyl sites for hydroxylation is 1. The molecule has 1 fully saturated rings. The normalized spacial score (nSPS) is 18.3. The van der Waals surface area contributed by atoms with Crippen LogP contribution in [0.4, 0.5) is 0 Å². The molecule has 1 saturated heterocycles. The van der Waals surface area contributed by atoms with Crippen molar-refractivity contribution in [2.24, 2.45) is 0 Å². The summed E-state index contributed by atoms with van der Waals surface area (Å²) in [7, 11) is 0. The van der Waals surface area contributed by atoms with Crippen molar-refractivity contribution in [3.8, 4) is 0 Å². The Morgan fingerprint density at radius 1 is 1.20 bits per heavy atom. The van der Waals surface area contributed by atoms with E-state index in [0.29, 0.717) is 6.10 Å². The van der Waals surface area contributed by atoms with Gasteiger partial charge in [0.15, 0.2) is 0 Å². The van der Waals surface area contributed by atoms with Gasteiger partial charge >= 0.3 is 17.4 Å². The summed E-state index contributed by atoms with van der Waals surface area (Å²) in [4.78, 5) is 0. The van der Waals surface area contributed by atoms with Gasteiger partial charge in [0, 0.05) is 6.61 Å². The van der Waals surface area contributed by atoms with Crippen molar-refractivity contribution in [3.63, 3.8) is 0 Å². The van der Waals surface area contributed by atoms with Crippen LogP contribution in [0.3, 0.4) is 0 Å². The summed E-state index contributed by atoms with van der Waals surface area (Å²) >= 11 is 0. The molecule has 0 N–H and O–H groups in total. The standard InChI is InChI=1S/C11H14O.2ClH.Cr/c1-9-5-2-3-6-10(9)11-7-4-8-12-11;;;/h2-3,5-6,11H,4,7-8H2,1H3;2*1H;/q;;;+2/p-2. The molecule has 1 unspecified atom stereocenters. The minimum Gasteiger partial charge on any atom is -1.00 e. The zero-order valence-electron chi connectivity index (χ0n) is 8.58. The zero-order valence-corrected chi connectivity index (χ0v) is 11.4. The maximum Gasteiger partial charge on any atom is 2.00 e. The molecule has 1 nitrogen and oxygen atoms in total. The van der Waals surface area contributed by atoms with Crippen molar-refractivity contribution in [1.29, 1.82) is 0 Å². The van der Waals surface area contributed by atoms with Crippen LogP contribution in [0.25, 0.3) is 0 Å². The number of benzene rings is 1. The van der Waals surface area contributed by atoms with Crippen LogP contribution < -0.4 is 24.8 Å². The van der Waals surface area contributed by atoms with Crippen LogP contribution in [-0.2, 0) is 22.1 Å². The molecule has 1 aromatic rings. The predicted molar refractivity (Wildman–Crippen MR) is 49.1 cm³/mol. The first-order valence-electron chi connectivity index (χ1n) is 4.55. The molecule has 0 aromatic heterocycles. The zero-order chi connectivity index (χ0) is 8.39. The quantitative estimate of drug-likeness (QED) is 0.530. The van der Waals surface area contributed by atoms with Gasteiger partial charge in [0.2, 0.25) is 0 Å². The van der Waals surface area contributed by atoms with Gasteiger partial charge in [-0.05, 0) is 30.9 Å². The van der Waals surface area contributed by atoms with Crippen LogP contribution in [0.5, 0.6) is 0 Å². The van der Waals surface area contributed by atoms with Crippen LogP contribution in [0, 0.1) is 6.92 Å². The number of hydrogen-bond donors (Lipinski definition) is 0. The molecule has 1 atom stereocenters. The third-order valence-electron chi connectivity index (χ3n) is 2.47. The third kappa shape index (κ3) is 4.35. The number of hydrogen-bond acceptors (Lipinski definition) is 1. The van der Waals surface area contributed by atoms with Gasteiger partial charge in [-0.25, -0.2) is 0 Å². The SMILES string of the molecule is Cc1ccccc1C1CCCO1.[Cl-].[Cl-].[Cr+2]. The Morgan fingerprint density at radius 2 is 1.87 bits per heavy atom. The number of rotatable bonds is 1. The van der Waals surface area contributed by atoms with E-state index in [4.69, 9.17) is 4.74 Å². The van der Waals surface area contributed by atoms with Crippen molar-refractivity contribution >= 4 is 0 Å². The first-order valence-corrected chi connectivity index (χ1v) is 4.55. The second-order valence-corrected chi connectivity index (χ2v) is 3.36. The van der Waals surface area contributed by atoms with Crippen molar-refractivity contribution in [2.75, 3.05) is 6.61 Å². The van der Waals surface area contributed by atoms with Crippen LogP contribution in [0.15, 0.2) is 24.3 Å². The summed E-state index contributed by atoms with van der Waals surface area (Å²) in [5.74, 6) is 0. The van der Waals surface area contributed by atoms with Gasteiger partial charge in [-0.15, -0.1) is 0 Å². The molecule has 2 rings (SSSR count). The number of ether oxygens (including phenoxy) is 1. The Bertz CT molecular complexity index is 275. The van der Waals surface area contributed by atoms with Crippen molar-refractivity contribution in [1.82, 2.24) is 0 Å². The first kappa shape index (κ1) is 17.7. The molecule has 0 saturated carbocycles. The molecule has 0 spiro atoms. The Balaban J connectivity index is 0. The maximum atomic E-state index is 5.62. The Kier molecular flexibility index (Phi) is 9.95. The van der Waals surface area contributed by atoms with Gasteiger partial charge in [-0.1, -0.05) is 24.3 Å². The summed E-state index contributed by atoms with van der Waals surface area (Å²) in [6, 6.07) is 8.49. The fourth-order valence-corrected chi connectivity index (χ4v) is 1.77. The van der Waals surface area contributed by atoms with Crippen LogP contribution in [-0.4, -0.2) is 6.61 Å². The van der Waals surface area contributed by atoms with E-state index in [0.717, 1.165) is 6.61 Å². The molecular formula is C11H14Cl2CrO. The van der Waals surface area contributed by atoms with Gasteiger partial charge in [0.25, 0.3) is 0 Å². The van der Waals surface area contributed by atoms with Crippen molar-refractivity contribution in [3.05, 3.63) is 35.4 Å². The second kappa shape index (κ2) is 8.45. The van der Waals surface area contributed by atoms with Gasteiger partial charge < -0.3 is 29.6 Å². The van der Waals surface area contributed by atoms with Crippen LogP contribution in [0.1, 0.15) is 30.1 Å². The van der Waals surface area contributed by atoms with Gasteiger partial charge in [0.1, 0.15) is 0 Å². The topological polar surface area (TPSA) is 9.23 Å². The number of halogens is 2. The van der Waals surface area contributed by atoms with Crippen molar-refractivity contribution < 1.29 is 46.9 Å². The second-order valence-electron chi connectivity index (χ2n) is 3.36. The average molecular weight is 285 g/mol. The van der Waals surface area contributed by atoms with Crippen LogP contribution >= 0.6 is 0 Å². The van der Waals surface area contributed by atoms with E-state index in [1.54, 1.807) is 0 Å². The Morgan fingerprint density at radius 3 is 2.40 bits per heavy atom. The van der Waals surface area contributed by atoms with Gasteiger partial charge in [-0.2, -0.15) is 0 Å². The molecule has 84 valence electrons. The summed E-state index contributed by atoms with van der Waals surface area (Å²) in [5, 5.41) is 0. The van der Waals surface area contributed by atoms with E-state index >= 15 is 0 Å². The van der Waals surface area contributed by atoms with Gasteiger partial charge in [-0.3, -0.25) is 0 Å². The monoisotopic (exact) mass is 284 g/mol. The van der Waals surface area contributed by atoms with Gasteiger partial charge in [0.05, 0.1) is 6.10 Å². The molecule has 1 aliphatic heterocycles. The maximum absolute atomic E-state index is 5.62. The largest absolute Gasteiger partial charge is 2.00 e. The molecule has 1 aliphatic rings. The fourth-order valence-electron chi connectivity index (χ4n) is 1.77. The average Bonchev–Trinajstić information content (AvgIpc) is 2.57. The van der Waals surface area contributed by atoms with E-state index in [1.807, 2.05) is 0 Å². The van der Waals surface area contributed by atoms with E-state index in [1.165, 1.54) is 24.0 Å². The first-order chi connectivity index (χ1) is 5.88. The molecule has 1 heterocycles. The fraction of sp³-hybridized carbons (Fsp3) is 0.455. The third-order valence-corrected chi connectivity index (χ3v) is 2.47. The molecular weight excluding hydrogens is 271 g/mol. The molecule has 0 radical (unpaired) electrons. The molecule has 4 heteroatoms. The molecule has 0 aliphatic carbocycles. The van der Waals surface area contributed by atoms with Crippen LogP contribution in [0.2, 0.25) is 0 Å². The minimum absolute atomic E-state index is 0. The summed E-state index contributed by atoms with van der Waals surface area (Å²) in [6.45, 7) is 3.08. The van der Waals surface area contributed by atoms with Crippen molar-refractivity contribution in [2.45, 2.75) is 25.9 Å².